The van der Waals surface area contributed by atoms with E-state index in [1.54, 1.807) is 39.9 Å². The van der Waals surface area contributed by atoms with E-state index < -0.39 is 10.0 Å². The molecule has 0 bridgehead atoms. The minimum absolute atomic E-state index is 0.107. The predicted octanol–water partition coefficient (Wildman–Crippen LogP) is 3.04. The molecule has 0 aliphatic carbocycles. The van der Waals surface area contributed by atoms with Crippen LogP contribution >= 0.6 is 11.3 Å². The molecule has 146 valence electrons. The summed E-state index contributed by atoms with van der Waals surface area (Å²) in [5.74, 6) is -0.107. The molecule has 27 heavy (non-hydrogen) atoms. The van der Waals surface area contributed by atoms with Crippen LogP contribution in [0.4, 0.5) is 5.69 Å². The minimum Gasteiger partial charge on any atom is -0.376 e. The Labute approximate surface area is 164 Å². The van der Waals surface area contributed by atoms with E-state index in [9.17, 15) is 13.2 Å². The lowest BCUT2D eigenvalue weighted by Gasteiger charge is -2.20. The van der Waals surface area contributed by atoms with Crippen LogP contribution in [0.5, 0.6) is 0 Å². The van der Waals surface area contributed by atoms with E-state index in [0.29, 0.717) is 24.5 Å². The molecule has 1 fully saturated rings. The monoisotopic (exact) mass is 407 g/mol. The van der Waals surface area contributed by atoms with Gasteiger partial charge in [-0.2, -0.15) is 4.31 Å². The highest BCUT2D eigenvalue weighted by molar-refractivity contribution is 7.89. The lowest BCUT2D eigenvalue weighted by molar-refractivity contribution is -0.119. The third-order valence-corrected chi connectivity index (χ3v) is 7.34. The molecule has 2 N–H and O–H groups in total. The molecular formula is C19H25N3O3S2. The number of nitrogens with one attached hydrogen (secondary N) is 2. The van der Waals surface area contributed by atoms with Gasteiger partial charge in [-0.25, -0.2) is 8.42 Å². The van der Waals surface area contributed by atoms with Gasteiger partial charge >= 0.3 is 0 Å². The van der Waals surface area contributed by atoms with E-state index in [4.69, 9.17) is 0 Å². The molecule has 1 aliphatic heterocycles. The van der Waals surface area contributed by atoms with Crippen LogP contribution in [0.3, 0.4) is 0 Å². The Morgan fingerprint density at radius 2 is 1.74 bits per heavy atom. The Morgan fingerprint density at radius 1 is 1.04 bits per heavy atom. The van der Waals surface area contributed by atoms with Gasteiger partial charge < -0.3 is 10.6 Å². The third kappa shape index (κ3) is 5.54. The molecule has 1 saturated heterocycles. The zero-order valence-electron chi connectivity index (χ0n) is 15.2. The van der Waals surface area contributed by atoms with Crippen LogP contribution in [-0.4, -0.2) is 38.3 Å². The first-order valence-corrected chi connectivity index (χ1v) is 11.5. The van der Waals surface area contributed by atoms with Crippen LogP contribution in [0.25, 0.3) is 0 Å². The maximum Gasteiger partial charge on any atom is 0.243 e. The zero-order valence-corrected chi connectivity index (χ0v) is 16.8. The van der Waals surface area contributed by atoms with Gasteiger partial charge in [-0.1, -0.05) is 18.9 Å². The van der Waals surface area contributed by atoms with Crippen LogP contribution in [0.2, 0.25) is 0 Å². The Hall–Kier alpha value is -1.90. The summed E-state index contributed by atoms with van der Waals surface area (Å²) < 4.78 is 27.1. The number of carbonyl (C=O) groups excluding carboxylic acids is 1. The fourth-order valence-corrected chi connectivity index (χ4v) is 5.18. The topological polar surface area (TPSA) is 78.5 Å². The summed E-state index contributed by atoms with van der Waals surface area (Å²) in [6.45, 7) is 1.84. The lowest BCUT2D eigenvalue weighted by atomic mass is 10.2. The molecule has 3 rings (SSSR count). The fourth-order valence-electron chi connectivity index (χ4n) is 3.02. The van der Waals surface area contributed by atoms with Crippen molar-refractivity contribution in [2.24, 2.45) is 0 Å². The predicted molar refractivity (Wildman–Crippen MR) is 108 cm³/mol. The number of sulfonamides is 1. The summed E-state index contributed by atoms with van der Waals surface area (Å²) in [5, 5.41) is 7.85. The molecule has 1 aromatic heterocycles. The Balaban J connectivity index is 1.52. The van der Waals surface area contributed by atoms with Crippen LogP contribution in [0.15, 0.2) is 46.7 Å². The molecule has 0 radical (unpaired) electrons. The number of amides is 1. The first kappa shape index (κ1) is 19.9. The number of anilines is 1. The zero-order chi connectivity index (χ0) is 19.1. The molecule has 6 nitrogen and oxygen atoms in total. The summed E-state index contributed by atoms with van der Waals surface area (Å²) in [5.41, 5.74) is 0.719. The van der Waals surface area contributed by atoms with Gasteiger partial charge in [0.15, 0.2) is 0 Å². The van der Waals surface area contributed by atoms with Gasteiger partial charge in [0, 0.05) is 23.7 Å². The molecule has 0 unspecified atom stereocenters. The second-order valence-corrected chi connectivity index (χ2v) is 9.52. The van der Waals surface area contributed by atoms with Gasteiger partial charge in [0.05, 0.1) is 18.0 Å². The highest BCUT2D eigenvalue weighted by atomic mass is 32.2. The van der Waals surface area contributed by atoms with Gasteiger partial charge in [0.1, 0.15) is 0 Å². The van der Waals surface area contributed by atoms with E-state index >= 15 is 0 Å². The van der Waals surface area contributed by atoms with Crippen molar-refractivity contribution in [2.45, 2.75) is 37.1 Å². The average Bonchev–Trinajstić information content (AvgIpc) is 3.04. The van der Waals surface area contributed by atoms with E-state index in [0.717, 1.165) is 36.2 Å². The number of nitrogens with zero attached hydrogens (tertiary/aromatic N) is 1. The van der Waals surface area contributed by atoms with Gasteiger partial charge in [-0.3, -0.25) is 4.79 Å². The Bertz CT molecular complexity index is 826. The first-order chi connectivity index (χ1) is 13.1. The third-order valence-electron chi connectivity index (χ3n) is 4.55. The maximum absolute atomic E-state index is 12.8. The summed E-state index contributed by atoms with van der Waals surface area (Å²) in [4.78, 5) is 13.3. The molecule has 8 heteroatoms. The molecule has 1 amide bonds. The van der Waals surface area contributed by atoms with Gasteiger partial charge in [0.2, 0.25) is 15.9 Å². The van der Waals surface area contributed by atoms with Crippen molar-refractivity contribution in [3.8, 4) is 0 Å². The summed E-state index contributed by atoms with van der Waals surface area (Å²) in [7, 11) is -3.44. The van der Waals surface area contributed by atoms with Crippen molar-refractivity contribution < 1.29 is 13.2 Å². The number of hydrogen-bond acceptors (Lipinski definition) is 5. The molecular weight excluding hydrogens is 382 g/mol. The number of benzene rings is 1. The van der Waals surface area contributed by atoms with Crippen molar-refractivity contribution in [1.29, 1.82) is 0 Å². The number of rotatable bonds is 7. The quantitative estimate of drug-likeness (QED) is 0.739. The highest BCUT2D eigenvalue weighted by Crippen LogP contribution is 2.21. The molecule has 0 atom stereocenters. The second kappa shape index (κ2) is 9.34. The van der Waals surface area contributed by atoms with Gasteiger partial charge in [-0.15, -0.1) is 11.3 Å². The summed E-state index contributed by atoms with van der Waals surface area (Å²) >= 11 is 1.60. The molecule has 2 heterocycles. The van der Waals surface area contributed by atoms with Gasteiger partial charge in [-0.05, 0) is 48.6 Å². The number of hydrogen-bond donors (Lipinski definition) is 2. The van der Waals surface area contributed by atoms with Crippen LogP contribution in [0, 0.1) is 0 Å². The van der Waals surface area contributed by atoms with Gasteiger partial charge in [0.25, 0.3) is 0 Å². The lowest BCUT2D eigenvalue weighted by Crippen LogP contribution is -2.32. The maximum atomic E-state index is 12.8. The van der Waals surface area contributed by atoms with E-state index in [2.05, 4.69) is 10.6 Å². The normalized spacial score (nSPS) is 15.9. The number of carbonyl (C=O) groups is 1. The van der Waals surface area contributed by atoms with Crippen molar-refractivity contribution in [2.75, 3.05) is 25.0 Å². The van der Waals surface area contributed by atoms with Crippen molar-refractivity contribution in [1.82, 2.24) is 9.62 Å². The molecule has 2 aromatic rings. The smallest absolute Gasteiger partial charge is 0.243 e. The largest absolute Gasteiger partial charge is 0.376 e. The minimum atomic E-state index is -3.44. The Kier molecular flexibility index (Phi) is 6.87. The van der Waals surface area contributed by atoms with Crippen molar-refractivity contribution >= 4 is 33.0 Å². The first-order valence-electron chi connectivity index (χ1n) is 9.19. The average molecular weight is 408 g/mol. The van der Waals surface area contributed by atoms with Crippen molar-refractivity contribution in [3.63, 3.8) is 0 Å². The standard InChI is InChI=1S/C19H25N3O3S2/c23-19(21-14-17-6-5-13-26-17)15-20-16-7-9-18(10-8-16)27(24,25)22-11-3-1-2-4-12-22/h5-10,13,20H,1-4,11-12,14-15H2,(H,21,23). The molecule has 1 aliphatic rings. The van der Waals surface area contributed by atoms with E-state index in [-0.39, 0.29) is 12.5 Å². The van der Waals surface area contributed by atoms with Crippen LogP contribution in [0.1, 0.15) is 30.6 Å². The van der Waals surface area contributed by atoms with E-state index in [1.807, 2.05) is 17.5 Å². The Morgan fingerprint density at radius 3 is 2.37 bits per heavy atom. The molecule has 1 aromatic carbocycles. The molecule has 0 spiro atoms. The summed E-state index contributed by atoms with van der Waals surface area (Å²) in [6.07, 6.45) is 4.01. The number of thiophene rings is 1. The fraction of sp³-hybridized carbons (Fsp3) is 0.421. The van der Waals surface area contributed by atoms with Crippen LogP contribution in [-0.2, 0) is 21.4 Å². The van der Waals surface area contributed by atoms with Crippen molar-refractivity contribution in [3.05, 3.63) is 46.7 Å². The second-order valence-electron chi connectivity index (χ2n) is 6.55. The SMILES string of the molecule is O=C(CNc1ccc(S(=O)(=O)N2CCCCCC2)cc1)NCc1cccs1. The molecule has 0 saturated carbocycles. The summed E-state index contributed by atoms with van der Waals surface area (Å²) in [6, 6.07) is 10.5. The van der Waals surface area contributed by atoms with E-state index in [1.165, 1.54) is 0 Å². The highest BCUT2D eigenvalue weighted by Gasteiger charge is 2.24. The van der Waals surface area contributed by atoms with Crippen LogP contribution < -0.4 is 10.6 Å².